The molecule has 0 bridgehead atoms. The van der Waals surface area contributed by atoms with Gasteiger partial charge in [-0.15, -0.1) is 0 Å². The predicted octanol–water partition coefficient (Wildman–Crippen LogP) is 3.59. The maximum Gasteiger partial charge on any atom is 0.0437 e. The van der Waals surface area contributed by atoms with E-state index in [1.807, 2.05) is 27.7 Å². The van der Waals surface area contributed by atoms with Crippen molar-refractivity contribution < 1.29 is 9.84 Å². The van der Waals surface area contributed by atoms with Crippen LogP contribution in [0.1, 0.15) is 67.2 Å². The van der Waals surface area contributed by atoms with Gasteiger partial charge in [0.05, 0.1) is 0 Å². The summed E-state index contributed by atoms with van der Waals surface area (Å²) in [6.45, 7) is 14.0. The third-order valence-electron chi connectivity index (χ3n) is 1.37. The Labute approximate surface area is 110 Å². The van der Waals surface area contributed by atoms with Crippen LogP contribution >= 0.6 is 0 Å². The minimum atomic E-state index is 0.333. The number of aliphatic hydroxyl groups is 1. The second kappa shape index (κ2) is 36.0. The van der Waals surface area contributed by atoms with E-state index in [9.17, 15) is 0 Å². The first kappa shape index (κ1) is 25.7. The van der Waals surface area contributed by atoms with Gasteiger partial charge < -0.3 is 15.6 Å². The number of hydrogen-bond acceptors (Lipinski definition) is 3. The molecule has 3 heteroatoms. The van der Waals surface area contributed by atoms with Gasteiger partial charge in [0.15, 0.2) is 0 Å². The highest BCUT2D eigenvalue weighted by atomic mass is 16.5. The van der Waals surface area contributed by atoms with Gasteiger partial charge in [-0.05, 0) is 19.9 Å². The fraction of sp³-hybridized carbons (Fsp3) is 1.00. The molecule has 0 heterocycles. The standard InChI is InChI=1S/C6H14.C4H10O.C3H9N.CH4O/c1-3-5-6-4-2;1-3-5-4-2;1-3(2)4;1-2/h3-6H2,1-2H3;3-4H2,1-2H3;3H,4H2,1-2H3;2H,1H3. The Morgan fingerprint density at radius 2 is 1.12 bits per heavy atom. The zero-order valence-corrected chi connectivity index (χ0v) is 13.3. The van der Waals surface area contributed by atoms with E-state index < -0.39 is 0 Å². The molecule has 0 saturated carbocycles. The summed E-state index contributed by atoms with van der Waals surface area (Å²) >= 11 is 0. The molecule has 0 aromatic rings. The molecule has 0 rings (SSSR count). The molecule has 0 spiro atoms. The molecule has 0 aromatic heterocycles. The van der Waals surface area contributed by atoms with Crippen LogP contribution in [0.2, 0.25) is 0 Å². The number of unbranched alkanes of at least 4 members (excludes halogenated alkanes) is 3. The van der Waals surface area contributed by atoms with Crippen LogP contribution in [0.5, 0.6) is 0 Å². The molecule has 17 heavy (non-hydrogen) atoms. The van der Waals surface area contributed by atoms with Crippen molar-refractivity contribution >= 4 is 0 Å². The lowest BCUT2D eigenvalue weighted by Gasteiger charge is -1.86. The molecule has 3 N–H and O–H groups in total. The number of aliphatic hydroxyl groups excluding tert-OH is 1. The number of rotatable bonds is 5. The van der Waals surface area contributed by atoms with Gasteiger partial charge in [0.1, 0.15) is 0 Å². The summed E-state index contributed by atoms with van der Waals surface area (Å²) in [6.07, 6.45) is 5.54. The summed E-state index contributed by atoms with van der Waals surface area (Å²) in [5.41, 5.74) is 5.11. The Balaban J connectivity index is -0.0000000705. The average molecular weight is 251 g/mol. The zero-order chi connectivity index (χ0) is 14.5. The zero-order valence-electron chi connectivity index (χ0n) is 13.3. The normalized spacial score (nSPS) is 8.12. The van der Waals surface area contributed by atoms with Gasteiger partial charge in [0, 0.05) is 20.3 Å². The van der Waals surface area contributed by atoms with Crippen molar-refractivity contribution in [1.29, 1.82) is 0 Å². The molecule has 3 nitrogen and oxygen atoms in total. The molecule has 0 aliphatic rings. The highest BCUT2D eigenvalue weighted by Crippen LogP contribution is 1.95. The van der Waals surface area contributed by atoms with Crippen molar-refractivity contribution in [3.8, 4) is 0 Å². The van der Waals surface area contributed by atoms with Gasteiger partial charge in [-0.2, -0.15) is 0 Å². The van der Waals surface area contributed by atoms with Crippen LogP contribution in [-0.2, 0) is 4.74 Å². The van der Waals surface area contributed by atoms with Gasteiger partial charge in [-0.25, -0.2) is 0 Å². The molecule has 0 aliphatic heterocycles. The van der Waals surface area contributed by atoms with Crippen molar-refractivity contribution in [2.75, 3.05) is 20.3 Å². The van der Waals surface area contributed by atoms with E-state index in [1.165, 1.54) is 25.7 Å². The van der Waals surface area contributed by atoms with Crippen molar-refractivity contribution in [2.45, 2.75) is 73.3 Å². The molecule has 0 aromatic carbocycles. The highest BCUT2D eigenvalue weighted by Gasteiger charge is 1.75. The maximum absolute atomic E-state index is 7.00. The Kier molecular flexibility index (Phi) is 54.4. The third-order valence-corrected chi connectivity index (χ3v) is 1.37. The Morgan fingerprint density at radius 3 is 1.18 bits per heavy atom. The monoisotopic (exact) mass is 251 g/mol. The fourth-order valence-electron chi connectivity index (χ4n) is 0.704. The average Bonchev–Trinajstić information content (AvgIpc) is 2.30. The molecule has 0 aliphatic carbocycles. The van der Waals surface area contributed by atoms with E-state index in [1.54, 1.807) is 0 Å². The van der Waals surface area contributed by atoms with E-state index >= 15 is 0 Å². The topological polar surface area (TPSA) is 55.5 Å². The second-order valence-corrected chi connectivity index (χ2v) is 3.73. The van der Waals surface area contributed by atoms with Crippen molar-refractivity contribution in [3.63, 3.8) is 0 Å². The second-order valence-electron chi connectivity index (χ2n) is 3.73. The first-order valence-corrected chi connectivity index (χ1v) is 6.84. The molecular weight excluding hydrogens is 214 g/mol. The SMILES string of the molecule is CC(C)N.CCCCCC.CCOCC.CO. The fourth-order valence-corrected chi connectivity index (χ4v) is 0.704. The minimum absolute atomic E-state index is 0.333. The summed E-state index contributed by atoms with van der Waals surface area (Å²) < 4.78 is 4.83. The first-order valence-electron chi connectivity index (χ1n) is 6.84. The molecule has 0 amide bonds. The van der Waals surface area contributed by atoms with Crippen LogP contribution in [0.25, 0.3) is 0 Å². The number of ether oxygens (including phenoxy) is 1. The molecule has 0 atom stereocenters. The summed E-state index contributed by atoms with van der Waals surface area (Å²) in [7, 11) is 1.00. The maximum atomic E-state index is 7.00. The molecule has 0 saturated heterocycles. The van der Waals surface area contributed by atoms with Crippen LogP contribution < -0.4 is 5.73 Å². The lowest BCUT2D eigenvalue weighted by atomic mass is 10.2. The van der Waals surface area contributed by atoms with Gasteiger partial charge in [-0.1, -0.05) is 53.4 Å². The van der Waals surface area contributed by atoms with Crippen LogP contribution in [0.15, 0.2) is 0 Å². The highest BCUT2D eigenvalue weighted by molar-refractivity contribution is 4.32. The summed E-state index contributed by atoms with van der Waals surface area (Å²) in [5, 5.41) is 7.00. The van der Waals surface area contributed by atoms with Crippen molar-refractivity contribution in [3.05, 3.63) is 0 Å². The summed E-state index contributed by atoms with van der Waals surface area (Å²) in [5.74, 6) is 0. The number of nitrogens with two attached hydrogens (primary N) is 1. The van der Waals surface area contributed by atoms with Gasteiger partial charge in [0.2, 0.25) is 0 Å². The summed E-state index contributed by atoms with van der Waals surface area (Å²) in [4.78, 5) is 0. The van der Waals surface area contributed by atoms with E-state index in [2.05, 4.69) is 13.8 Å². The van der Waals surface area contributed by atoms with E-state index in [-0.39, 0.29) is 0 Å². The molecule has 0 fully saturated rings. The molecular formula is C14H37NO2. The van der Waals surface area contributed by atoms with E-state index in [0.29, 0.717) is 6.04 Å². The lowest BCUT2D eigenvalue weighted by Crippen LogP contribution is -2.06. The van der Waals surface area contributed by atoms with E-state index in [0.717, 1.165) is 20.3 Å². The molecule has 110 valence electrons. The van der Waals surface area contributed by atoms with Crippen LogP contribution in [0, 0.1) is 0 Å². The van der Waals surface area contributed by atoms with Crippen molar-refractivity contribution in [2.24, 2.45) is 5.73 Å². The van der Waals surface area contributed by atoms with E-state index in [4.69, 9.17) is 15.6 Å². The molecule has 0 unspecified atom stereocenters. The quantitative estimate of drug-likeness (QED) is 0.734. The Morgan fingerprint density at radius 1 is 0.882 bits per heavy atom. The number of hydrogen-bond donors (Lipinski definition) is 2. The largest absolute Gasteiger partial charge is 0.400 e. The smallest absolute Gasteiger partial charge is 0.0437 e. The predicted molar refractivity (Wildman–Crippen MR) is 79.4 cm³/mol. The molecule has 0 radical (unpaired) electrons. The first-order chi connectivity index (χ1) is 8.06. The van der Waals surface area contributed by atoms with Crippen LogP contribution in [-0.4, -0.2) is 31.5 Å². The van der Waals surface area contributed by atoms with Crippen LogP contribution in [0.3, 0.4) is 0 Å². The Bertz CT molecular complexity index is 69.9. The lowest BCUT2D eigenvalue weighted by molar-refractivity contribution is 0.162. The van der Waals surface area contributed by atoms with Crippen LogP contribution in [0.4, 0.5) is 0 Å². The van der Waals surface area contributed by atoms with Gasteiger partial charge in [0.25, 0.3) is 0 Å². The van der Waals surface area contributed by atoms with Gasteiger partial charge >= 0.3 is 0 Å². The summed E-state index contributed by atoms with van der Waals surface area (Å²) in [6, 6.07) is 0.333. The van der Waals surface area contributed by atoms with Gasteiger partial charge in [-0.3, -0.25) is 0 Å². The minimum Gasteiger partial charge on any atom is -0.400 e. The Hall–Kier alpha value is -0.120. The third kappa shape index (κ3) is 128. The van der Waals surface area contributed by atoms with Crippen molar-refractivity contribution in [1.82, 2.24) is 0 Å².